The maximum atomic E-state index is 12.5. The predicted octanol–water partition coefficient (Wildman–Crippen LogP) is 3.21. The van der Waals surface area contributed by atoms with Gasteiger partial charge in [-0.2, -0.15) is 0 Å². The molecular weight excluding hydrogens is 268 g/mol. The third kappa shape index (κ3) is 2.17. The Labute approximate surface area is 122 Å². The molecule has 20 heavy (non-hydrogen) atoms. The van der Waals surface area contributed by atoms with Crippen LogP contribution in [-0.4, -0.2) is 35.3 Å². The molecule has 3 saturated heterocycles. The summed E-state index contributed by atoms with van der Waals surface area (Å²) in [5.74, 6) is 1.65. The highest BCUT2D eigenvalue weighted by molar-refractivity contribution is 7.16. The quantitative estimate of drug-likeness (QED) is 0.812. The number of thiazole rings is 1. The fraction of sp³-hybridized carbons (Fsp3) is 0.500. The molecule has 0 amide bonds. The summed E-state index contributed by atoms with van der Waals surface area (Å²) in [6.45, 7) is 3.60. The number of fused-ring (bicyclic) bond motifs is 4. The molecule has 3 aliphatic heterocycles. The number of hydrogen-bond donors (Lipinski definition) is 0. The van der Waals surface area contributed by atoms with Crippen LogP contribution in [0, 0.1) is 11.8 Å². The number of nitrogens with zero attached hydrogens (tertiary/aromatic N) is 2. The molecule has 0 N–H and O–H groups in total. The Balaban J connectivity index is 1.52. The minimum Gasteiger partial charge on any atom is -0.303 e. The van der Waals surface area contributed by atoms with Gasteiger partial charge < -0.3 is 4.90 Å². The third-order valence-corrected chi connectivity index (χ3v) is 5.68. The van der Waals surface area contributed by atoms with Crippen LogP contribution >= 0.6 is 11.3 Å². The van der Waals surface area contributed by atoms with Gasteiger partial charge in [-0.25, -0.2) is 4.98 Å². The highest BCUT2D eigenvalue weighted by Crippen LogP contribution is 2.35. The van der Waals surface area contributed by atoms with E-state index < -0.39 is 0 Å². The molecule has 0 saturated carbocycles. The summed E-state index contributed by atoms with van der Waals surface area (Å²) in [6, 6.07) is 5.91. The second kappa shape index (κ2) is 4.93. The zero-order chi connectivity index (χ0) is 13.5. The SMILES string of the molecule is O=C(C[C@H]1CN2CCC1CC2)c1ccc2ncsc2c1. The predicted molar refractivity (Wildman–Crippen MR) is 81.2 cm³/mol. The molecule has 0 unspecified atom stereocenters. The lowest BCUT2D eigenvalue weighted by Crippen LogP contribution is -2.47. The van der Waals surface area contributed by atoms with Crippen molar-refractivity contribution in [2.45, 2.75) is 19.3 Å². The Morgan fingerprint density at radius 1 is 1.35 bits per heavy atom. The van der Waals surface area contributed by atoms with Crippen molar-refractivity contribution in [2.75, 3.05) is 19.6 Å². The highest BCUT2D eigenvalue weighted by Gasteiger charge is 2.35. The van der Waals surface area contributed by atoms with E-state index in [4.69, 9.17) is 0 Å². The van der Waals surface area contributed by atoms with E-state index in [1.165, 1.54) is 25.9 Å². The zero-order valence-electron chi connectivity index (χ0n) is 11.4. The summed E-state index contributed by atoms with van der Waals surface area (Å²) >= 11 is 1.61. The Morgan fingerprint density at radius 2 is 2.20 bits per heavy atom. The third-order valence-electron chi connectivity index (χ3n) is 4.89. The number of Topliss-reactive ketones (excluding diaryl/α,β-unsaturated/α-hetero) is 1. The summed E-state index contributed by atoms with van der Waals surface area (Å²) in [7, 11) is 0. The van der Waals surface area contributed by atoms with Crippen LogP contribution in [0.1, 0.15) is 29.6 Å². The molecule has 0 aliphatic carbocycles. The summed E-state index contributed by atoms with van der Waals surface area (Å²) in [4.78, 5) is 19.3. The molecule has 4 heterocycles. The second-order valence-corrected chi connectivity index (χ2v) is 6.95. The first-order chi connectivity index (χ1) is 9.79. The van der Waals surface area contributed by atoms with Gasteiger partial charge in [0.25, 0.3) is 0 Å². The topological polar surface area (TPSA) is 33.2 Å². The molecule has 0 radical (unpaired) electrons. The molecule has 3 nitrogen and oxygen atoms in total. The number of hydrogen-bond acceptors (Lipinski definition) is 4. The molecule has 1 aromatic carbocycles. The maximum Gasteiger partial charge on any atom is 0.163 e. The number of ketones is 1. The van der Waals surface area contributed by atoms with Gasteiger partial charge in [-0.1, -0.05) is 0 Å². The molecule has 1 atom stereocenters. The van der Waals surface area contributed by atoms with E-state index in [0.29, 0.717) is 18.1 Å². The van der Waals surface area contributed by atoms with Crippen molar-refractivity contribution in [1.82, 2.24) is 9.88 Å². The van der Waals surface area contributed by atoms with Gasteiger partial charge >= 0.3 is 0 Å². The molecule has 4 heteroatoms. The average molecular weight is 286 g/mol. The minimum atomic E-state index is 0.305. The first-order valence-electron chi connectivity index (χ1n) is 7.38. The number of rotatable bonds is 3. The van der Waals surface area contributed by atoms with Crippen LogP contribution in [0.25, 0.3) is 10.2 Å². The number of benzene rings is 1. The van der Waals surface area contributed by atoms with Crippen molar-refractivity contribution in [3.63, 3.8) is 0 Å². The Bertz CT molecular complexity index is 643. The van der Waals surface area contributed by atoms with E-state index in [1.807, 2.05) is 23.7 Å². The van der Waals surface area contributed by atoms with E-state index in [-0.39, 0.29) is 0 Å². The molecule has 2 bridgehead atoms. The number of carbonyl (C=O) groups excluding carboxylic acids is 1. The van der Waals surface area contributed by atoms with Crippen molar-refractivity contribution in [3.05, 3.63) is 29.3 Å². The van der Waals surface area contributed by atoms with Gasteiger partial charge in [-0.05, 0) is 56.0 Å². The largest absolute Gasteiger partial charge is 0.303 e. The van der Waals surface area contributed by atoms with Gasteiger partial charge in [0.05, 0.1) is 15.7 Å². The summed E-state index contributed by atoms with van der Waals surface area (Å²) in [6.07, 6.45) is 3.28. The van der Waals surface area contributed by atoms with Crippen LogP contribution in [-0.2, 0) is 0 Å². The highest BCUT2D eigenvalue weighted by atomic mass is 32.1. The second-order valence-electron chi connectivity index (χ2n) is 6.06. The molecule has 3 aliphatic rings. The molecule has 1 aromatic heterocycles. The zero-order valence-corrected chi connectivity index (χ0v) is 12.2. The molecule has 2 aromatic rings. The van der Waals surface area contributed by atoms with Crippen molar-refractivity contribution in [3.8, 4) is 0 Å². The first-order valence-corrected chi connectivity index (χ1v) is 8.26. The Hall–Kier alpha value is -1.26. The summed E-state index contributed by atoms with van der Waals surface area (Å²) in [5, 5.41) is 0. The van der Waals surface area contributed by atoms with Gasteiger partial charge in [0.1, 0.15) is 0 Å². The number of piperidine rings is 3. The van der Waals surface area contributed by atoms with Crippen molar-refractivity contribution >= 4 is 27.3 Å². The van der Waals surface area contributed by atoms with Gasteiger partial charge in [-0.3, -0.25) is 4.79 Å². The van der Waals surface area contributed by atoms with Gasteiger partial charge in [0.15, 0.2) is 5.78 Å². The average Bonchev–Trinajstić information content (AvgIpc) is 2.96. The van der Waals surface area contributed by atoms with E-state index >= 15 is 0 Å². The van der Waals surface area contributed by atoms with Crippen molar-refractivity contribution in [1.29, 1.82) is 0 Å². The standard InChI is InChI=1S/C16H18N2OS/c19-15(7-13-9-18-5-3-11(13)4-6-18)12-1-2-14-16(8-12)20-10-17-14/h1-2,8,10-11,13H,3-7,9H2/t13-/m0/s1. The number of carbonyl (C=O) groups is 1. The van der Waals surface area contributed by atoms with Crippen molar-refractivity contribution in [2.24, 2.45) is 11.8 Å². The van der Waals surface area contributed by atoms with Crippen LogP contribution in [0.5, 0.6) is 0 Å². The minimum absolute atomic E-state index is 0.305. The fourth-order valence-electron chi connectivity index (χ4n) is 3.70. The van der Waals surface area contributed by atoms with E-state index in [9.17, 15) is 4.79 Å². The molecule has 0 spiro atoms. The summed E-state index contributed by atoms with van der Waals surface area (Å²) in [5.41, 5.74) is 3.69. The van der Waals surface area contributed by atoms with Crippen LogP contribution < -0.4 is 0 Å². The summed E-state index contributed by atoms with van der Waals surface area (Å²) < 4.78 is 1.12. The maximum absolute atomic E-state index is 12.5. The van der Waals surface area contributed by atoms with E-state index in [2.05, 4.69) is 9.88 Å². The van der Waals surface area contributed by atoms with Crippen molar-refractivity contribution < 1.29 is 4.79 Å². The lowest BCUT2D eigenvalue weighted by atomic mass is 9.76. The first kappa shape index (κ1) is 12.5. The normalized spacial score (nSPS) is 28.9. The molecule has 5 rings (SSSR count). The molecular formula is C16H18N2OS. The van der Waals surface area contributed by atoms with E-state index in [1.54, 1.807) is 11.3 Å². The van der Waals surface area contributed by atoms with Crippen LogP contribution in [0.15, 0.2) is 23.7 Å². The lowest BCUT2D eigenvalue weighted by molar-refractivity contribution is 0.0441. The molecule has 3 fully saturated rings. The van der Waals surface area contributed by atoms with Gasteiger partial charge in [0, 0.05) is 18.5 Å². The van der Waals surface area contributed by atoms with E-state index in [0.717, 1.165) is 28.2 Å². The van der Waals surface area contributed by atoms with Crippen LogP contribution in [0.2, 0.25) is 0 Å². The van der Waals surface area contributed by atoms with Crippen LogP contribution in [0.4, 0.5) is 0 Å². The number of aromatic nitrogens is 1. The van der Waals surface area contributed by atoms with Gasteiger partial charge in [-0.15, -0.1) is 11.3 Å². The van der Waals surface area contributed by atoms with Gasteiger partial charge in [0.2, 0.25) is 0 Å². The Morgan fingerprint density at radius 3 is 2.95 bits per heavy atom. The Kier molecular flexibility index (Phi) is 3.08. The molecule has 104 valence electrons. The van der Waals surface area contributed by atoms with Crippen LogP contribution in [0.3, 0.4) is 0 Å². The monoisotopic (exact) mass is 286 g/mol. The fourth-order valence-corrected chi connectivity index (χ4v) is 4.42. The smallest absolute Gasteiger partial charge is 0.163 e. The lowest BCUT2D eigenvalue weighted by Gasteiger charge is -2.44.